The van der Waals surface area contributed by atoms with Gasteiger partial charge in [-0.2, -0.15) is 5.10 Å². The number of nitrogens with one attached hydrogen (secondary N) is 2. The summed E-state index contributed by atoms with van der Waals surface area (Å²) in [4.78, 5) is 23.6. The molecule has 0 aliphatic rings. The van der Waals surface area contributed by atoms with E-state index >= 15 is 0 Å². The monoisotopic (exact) mass is 369 g/mol. The van der Waals surface area contributed by atoms with Crippen LogP contribution in [0.2, 0.25) is 0 Å². The highest BCUT2D eigenvalue weighted by Gasteiger charge is 2.07. The fourth-order valence-corrected chi connectivity index (χ4v) is 2.20. The normalized spacial score (nSPS) is 10.6. The quantitative estimate of drug-likeness (QED) is 0.492. The van der Waals surface area contributed by atoms with Gasteiger partial charge in [0.2, 0.25) is 11.8 Å². The number of hydrogen-bond acceptors (Lipinski definition) is 5. The first-order valence-corrected chi connectivity index (χ1v) is 8.62. The average Bonchev–Trinajstić information content (AvgIpc) is 2.65. The zero-order valence-electron chi connectivity index (χ0n) is 15.4. The van der Waals surface area contributed by atoms with Crippen LogP contribution < -0.4 is 15.5 Å². The molecule has 0 saturated carbocycles. The minimum Gasteiger partial charge on any atom is -0.504 e. The summed E-state index contributed by atoms with van der Waals surface area (Å²) in [7, 11) is 0. The largest absolute Gasteiger partial charge is 0.504 e. The van der Waals surface area contributed by atoms with Gasteiger partial charge in [0.15, 0.2) is 11.5 Å². The minimum absolute atomic E-state index is 0.0226. The Morgan fingerprint density at radius 2 is 1.81 bits per heavy atom. The number of amides is 2. The molecule has 0 heterocycles. The molecule has 2 aromatic carbocycles. The van der Waals surface area contributed by atoms with Crippen molar-refractivity contribution in [3.05, 3.63) is 53.6 Å². The number of phenols is 1. The molecular formula is C20H23N3O4. The zero-order chi connectivity index (χ0) is 19.6. The van der Waals surface area contributed by atoms with Crippen molar-refractivity contribution in [3.63, 3.8) is 0 Å². The molecule has 2 rings (SSSR count). The molecule has 0 saturated heterocycles. The van der Waals surface area contributed by atoms with E-state index in [1.165, 1.54) is 12.3 Å². The molecule has 0 unspecified atom stereocenters. The second kappa shape index (κ2) is 9.96. The van der Waals surface area contributed by atoms with Crippen molar-refractivity contribution in [2.45, 2.75) is 26.7 Å². The van der Waals surface area contributed by atoms with E-state index < -0.39 is 0 Å². The number of aryl methyl sites for hydroxylation is 1. The predicted octanol–water partition coefficient (Wildman–Crippen LogP) is 2.97. The Balaban J connectivity index is 1.77. The molecule has 2 amide bonds. The van der Waals surface area contributed by atoms with Gasteiger partial charge < -0.3 is 15.2 Å². The third-order valence-corrected chi connectivity index (χ3v) is 3.60. The number of ether oxygens (including phenoxy) is 1. The van der Waals surface area contributed by atoms with Crippen LogP contribution in [0.4, 0.5) is 5.69 Å². The molecule has 0 atom stereocenters. The van der Waals surface area contributed by atoms with Gasteiger partial charge in [-0.3, -0.25) is 9.59 Å². The molecule has 0 aliphatic carbocycles. The van der Waals surface area contributed by atoms with Gasteiger partial charge in [-0.15, -0.1) is 0 Å². The highest BCUT2D eigenvalue weighted by molar-refractivity contribution is 5.93. The van der Waals surface area contributed by atoms with Crippen LogP contribution in [0.1, 0.15) is 30.9 Å². The van der Waals surface area contributed by atoms with E-state index in [9.17, 15) is 14.7 Å². The lowest BCUT2D eigenvalue weighted by Crippen LogP contribution is -2.20. The molecule has 142 valence electrons. The van der Waals surface area contributed by atoms with E-state index in [4.69, 9.17) is 4.74 Å². The van der Waals surface area contributed by atoms with Crippen molar-refractivity contribution in [2.24, 2.45) is 5.10 Å². The van der Waals surface area contributed by atoms with Gasteiger partial charge in [-0.05, 0) is 49.7 Å². The first-order chi connectivity index (χ1) is 13.0. The highest BCUT2D eigenvalue weighted by atomic mass is 16.5. The maximum absolute atomic E-state index is 11.9. The Bertz CT molecular complexity index is 816. The fraction of sp³-hybridized carbons (Fsp3) is 0.250. The van der Waals surface area contributed by atoms with E-state index in [1.807, 2.05) is 38.1 Å². The molecule has 0 bridgehead atoms. The minimum atomic E-state index is -0.367. The SMILES string of the molecule is CCOc1cc(C=NNC(=O)CCC(=O)Nc2ccc(C)cc2)ccc1O. The van der Waals surface area contributed by atoms with Crippen molar-refractivity contribution in [1.82, 2.24) is 5.43 Å². The van der Waals surface area contributed by atoms with E-state index in [0.717, 1.165) is 5.56 Å². The standard InChI is InChI=1S/C20H23N3O4/c1-3-27-18-12-15(6-9-17(18)24)13-21-23-20(26)11-10-19(25)22-16-7-4-14(2)5-8-16/h4-9,12-13,24H,3,10-11H2,1-2H3,(H,22,25)(H,23,26). The van der Waals surface area contributed by atoms with Crippen molar-refractivity contribution >= 4 is 23.7 Å². The lowest BCUT2D eigenvalue weighted by molar-refractivity contribution is -0.124. The third-order valence-electron chi connectivity index (χ3n) is 3.60. The second-order valence-electron chi connectivity index (χ2n) is 5.87. The van der Waals surface area contributed by atoms with E-state index in [0.29, 0.717) is 23.6 Å². The van der Waals surface area contributed by atoms with Gasteiger partial charge in [0.05, 0.1) is 12.8 Å². The average molecular weight is 369 g/mol. The molecule has 0 aromatic heterocycles. The molecule has 0 fully saturated rings. The number of phenolic OH excluding ortho intramolecular Hbond substituents is 1. The van der Waals surface area contributed by atoms with Gasteiger partial charge in [-0.1, -0.05) is 17.7 Å². The van der Waals surface area contributed by atoms with Gasteiger partial charge in [0, 0.05) is 18.5 Å². The number of rotatable bonds is 8. The van der Waals surface area contributed by atoms with Crippen LogP contribution in [-0.4, -0.2) is 29.7 Å². The molecule has 0 radical (unpaired) electrons. The Morgan fingerprint density at radius 3 is 2.52 bits per heavy atom. The number of nitrogens with zero attached hydrogens (tertiary/aromatic N) is 1. The van der Waals surface area contributed by atoms with Crippen LogP contribution in [0.25, 0.3) is 0 Å². The van der Waals surface area contributed by atoms with Gasteiger partial charge >= 0.3 is 0 Å². The summed E-state index contributed by atoms with van der Waals surface area (Å²) in [5, 5.41) is 16.2. The van der Waals surface area contributed by atoms with Crippen molar-refractivity contribution in [1.29, 1.82) is 0 Å². The predicted molar refractivity (Wildman–Crippen MR) is 104 cm³/mol. The third kappa shape index (κ3) is 6.81. The van der Waals surface area contributed by atoms with Crippen LogP contribution in [0.15, 0.2) is 47.6 Å². The van der Waals surface area contributed by atoms with Crippen LogP contribution in [-0.2, 0) is 9.59 Å². The number of hydrogen-bond donors (Lipinski definition) is 3. The Labute approximate surface area is 158 Å². The van der Waals surface area contributed by atoms with Crippen LogP contribution in [0.3, 0.4) is 0 Å². The molecule has 0 aliphatic heterocycles. The first kappa shape index (κ1) is 20.0. The summed E-state index contributed by atoms with van der Waals surface area (Å²) in [6, 6.07) is 12.2. The molecule has 0 spiro atoms. The zero-order valence-corrected chi connectivity index (χ0v) is 15.4. The van der Waals surface area contributed by atoms with Crippen molar-refractivity contribution < 1.29 is 19.4 Å². The number of benzene rings is 2. The molecule has 7 nitrogen and oxygen atoms in total. The summed E-state index contributed by atoms with van der Waals surface area (Å²) >= 11 is 0. The van der Waals surface area contributed by atoms with Crippen LogP contribution in [0.5, 0.6) is 11.5 Å². The van der Waals surface area contributed by atoms with E-state index in [2.05, 4.69) is 15.8 Å². The molecule has 2 aromatic rings. The lowest BCUT2D eigenvalue weighted by atomic mass is 10.2. The fourth-order valence-electron chi connectivity index (χ4n) is 2.20. The molecule has 27 heavy (non-hydrogen) atoms. The number of anilines is 1. The lowest BCUT2D eigenvalue weighted by Gasteiger charge is -2.06. The maximum Gasteiger partial charge on any atom is 0.240 e. The van der Waals surface area contributed by atoms with Crippen molar-refractivity contribution in [3.8, 4) is 11.5 Å². The molecule has 7 heteroatoms. The summed E-state index contributed by atoms with van der Waals surface area (Å²) in [6.45, 7) is 4.21. The first-order valence-electron chi connectivity index (χ1n) is 8.62. The van der Waals surface area contributed by atoms with E-state index in [1.54, 1.807) is 12.1 Å². The van der Waals surface area contributed by atoms with Crippen molar-refractivity contribution in [2.75, 3.05) is 11.9 Å². The van der Waals surface area contributed by atoms with Gasteiger partial charge in [0.1, 0.15) is 0 Å². The summed E-state index contributed by atoms with van der Waals surface area (Å²) < 4.78 is 5.28. The Kier molecular flexibility index (Phi) is 7.37. The Morgan fingerprint density at radius 1 is 1.11 bits per heavy atom. The number of aromatic hydroxyl groups is 1. The van der Waals surface area contributed by atoms with Crippen LogP contribution in [0, 0.1) is 6.92 Å². The van der Waals surface area contributed by atoms with Crippen LogP contribution >= 0.6 is 0 Å². The molecule has 3 N–H and O–H groups in total. The van der Waals surface area contributed by atoms with Gasteiger partial charge in [-0.25, -0.2) is 5.43 Å². The van der Waals surface area contributed by atoms with E-state index in [-0.39, 0.29) is 30.4 Å². The number of hydrazone groups is 1. The number of carbonyl (C=O) groups excluding carboxylic acids is 2. The van der Waals surface area contributed by atoms with Gasteiger partial charge in [0.25, 0.3) is 0 Å². The highest BCUT2D eigenvalue weighted by Crippen LogP contribution is 2.26. The topological polar surface area (TPSA) is 100 Å². The molecular weight excluding hydrogens is 346 g/mol. The smallest absolute Gasteiger partial charge is 0.240 e. The maximum atomic E-state index is 11.9. The number of carbonyl (C=O) groups is 2. The summed E-state index contributed by atoms with van der Waals surface area (Å²) in [6.07, 6.45) is 1.52. The second-order valence-corrected chi connectivity index (χ2v) is 5.87. The summed E-state index contributed by atoms with van der Waals surface area (Å²) in [5.74, 6) is -0.217. The Hall–Kier alpha value is -3.35. The summed E-state index contributed by atoms with van der Waals surface area (Å²) in [5.41, 5.74) is 4.83.